The average Bonchev–Trinajstić information content (AvgIpc) is 3.20. The van der Waals surface area contributed by atoms with Crippen LogP contribution < -0.4 is 10.7 Å². The zero-order chi connectivity index (χ0) is 19.0. The summed E-state index contributed by atoms with van der Waals surface area (Å²) >= 11 is 12.1. The van der Waals surface area contributed by atoms with Crippen molar-refractivity contribution in [1.82, 2.24) is 14.5 Å². The fourth-order valence-electron chi connectivity index (χ4n) is 3.08. The fraction of sp³-hybridized carbons (Fsp3) is 0.222. The van der Waals surface area contributed by atoms with E-state index in [-0.39, 0.29) is 27.3 Å². The summed E-state index contributed by atoms with van der Waals surface area (Å²) in [5.41, 5.74) is 0.299. The highest BCUT2D eigenvalue weighted by Crippen LogP contribution is 2.29. The van der Waals surface area contributed by atoms with Gasteiger partial charge in [0.05, 0.1) is 33.8 Å². The Labute approximate surface area is 163 Å². The monoisotopic (exact) mass is 404 g/mol. The largest absolute Gasteiger partial charge is 0.379 e. The predicted molar refractivity (Wildman–Crippen MR) is 103 cm³/mol. The van der Waals surface area contributed by atoms with Crippen molar-refractivity contribution in [3.05, 3.63) is 62.8 Å². The van der Waals surface area contributed by atoms with Crippen LogP contribution in [0.4, 0.5) is 5.69 Å². The van der Waals surface area contributed by atoms with Crippen molar-refractivity contribution < 1.29 is 9.53 Å². The summed E-state index contributed by atoms with van der Waals surface area (Å²) in [5.74, 6) is -0.603. The fourth-order valence-corrected chi connectivity index (χ4v) is 3.54. The van der Waals surface area contributed by atoms with Gasteiger partial charge in [0.1, 0.15) is 11.2 Å². The molecule has 1 N–H and O–H groups in total. The number of anilines is 1. The van der Waals surface area contributed by atoms with Crippen LogP contribution in [0.2, 0.25) is 10.0 Å². The van der Waals surface area contributed by atoms with Crippen LogP contribution in [0.15, 0.2) is 41.7 Å². The lowest BCUT2D eigenvalue weighted by Crippen LogP contribution is -2.26. The molecule has 4 rings (SSSR count). The van der Waals surface area contributed by atoms with E-state index in [1.807, 2.05) is 4.57 Å². The van der Waals surface area contributed by atoms with Gasteiger partial charge in [-0.15, -0.1) is 0 Å². The van der Waals surface area contributed by atoms with Crippen molar-refractivity contribution in [3.63, 3.8) is 0 Å². The molecule has 7 nitrogen and oxygen atoms in total. The molecule has 0 aliphatic carbocycles. The van der Waals surface area contributed by atoms with Crippen LogP contribution in [0.25, 0.3) is 11.0 Å². The summed E-state index contributed by atoms with van der Waals surface area (Å²) in [7, 11) is 0. The Morgan fingerprint density at radius 2 is 2.07 bits per heavy atom. The van der Waals surface area contributed by atoms with Crippen LogP contribution in [0.1, 0.15) is 22.8 Å². The second-order valence-corrected chi connectivity index (χ2v) is 6.92. The normalized spacial score (nSPS) is 16.6. The number of fused-ring (bicyclic) bond motifs is 1. The zero-order valence-corrected chi connectivity index (χ0v) is 15.5. The van der Waals surface area contributed by atoms with E-state index in [1.54, 1.807) is 18.3 Å². The van der Waals surface area contributed by atoms with Gasteiger partial charge in [0, 0.05) is 31.4 Å². The lowest BCUT2D eigenvalue weighted by Gasteiger charge is -2.17. The summed E-state index contributed by atoms with van der Waals surface area (Å²) in [4.78, 5) is 33.9. The number of nitrogens with one attached hydrogen (secondary N) is 1. The van der Waals surface area contributed by atoms with Gasteiger partial charge in [-0.3, -0.25) is 14.6 Å². The van der Waals surface area contributed by atoms with E-state index >= 15 is 0 Å². The summed E-state index contributed by atoms with van der Waals surface area (Å²) in [6, 6.07) is 3.32. The van der Waals surface area contributed by atoms with Crippen molar-refractivity contribution in [2.24, 2.45) is 0 Å². The number of aromatic nitrogens is 3. The summed E-state index contributed by atoms with van der Waals surface area (Å²) in [5, 5.41) is 3.34. The van der Waals surface area contributed by atoms with Crippen molar-refractivity contribution in [3.8, 4) is 0 Å². The predicted octanol–water partition coefficient (Wildman–Crippen LogP) is 3.31. The third-order valence-electron chi connectivity index (χ3n) is 4.42. The van der Waals surface area contributed by atoms with E-state index in [0.29, 0.717) is 24.2 Å². The number of carbonyl (C=O) groups is 1. The summed E-state index contributed by atoms with van der Waals surface area (Å²) in [6.45, 7) is 1.12. The van der Waals surface area contributed by atoms with E-state index in [4.69, 9.17) is 27.9 Å². The molecule has 27 heavy (non-hydrogen) atoms. The number of pyridine rings is 3. The van der Waals surface area contributed by atoms with Gasteiger partial charge in [-0.1, -0.05) is 23.2 Å². The van der Waals surface area contributed by atoms with Crippen LogP contribution >= 0.6 is 23.2 Å². The maximum absolute atomic E-state index is 12.9. The molecule has 3 aromatic heterocycles. The number of carbonyl (C=O) groups excluding carboxylic acids is 1. The molecule has 1 aliphatic heterocycles. The molecular weight excluding hydrogens is 391 g/mol. The highest BCUT2D eigenvalue weighted by molar-refractivity contribution is 6.39. The molecule has 138 valence electrons. The van der Waals surface area contributed by atoms with E-state index in [1.165, 1.54) is 18.6 Å². The minimum atomic E-state index is -0.603. The van der Waals surface area contributed by atoms with Gasteiger partial charge in [0.15, 0.2) is 0 Å². The molecule has 9 heteroatoms. The molecule has 0 bridgehead atoms. The molecule has 1 atom stereocenters. The van der Waals surface area contributed by atoms with Gasteiger partial charge in [0.25, 0.3) is 5.91 Å². The second kappa shape index (κ2) is 7.26. The van der Waals surface area contributed by atoms with Crippen LogP contribution in [0, 0.1) is 0 Å². The van der Waals surface area contributed by atoms with Gasteiger partial charge < -0.3 is 14.6 Å². The first kappa shape index (κ1) is 17.9. The number of hydrogen-bond donors (Lipinski definition) is 1. The molecule has 1 aliphatic rings. The minimum Gasteiger partial charge on any atom is -0.379 e. The average molecular weight is 405 g/mol. The number of hydrogen-bond acceptors (Lipinski definition) is 5. The van der Waals surface area contributed by atoms with E-state index in [0.717, 1.165) is 6.42 Å². The van der Waals surface area contributed by atoms with Crippen molar-refractivity contribution in [2.45, 2.75) is 12.5 Å². The third kappa shape index (κ3) is 3.29. The molecule has 0 saturated carbocycles. The van der Waals surface area contributed by atoms with Crippen LogP contribution in [0.5, 0.6) is 0 Å². The standard InChI is InChI=1S/C18H14Cl2N4O3/c19-13-6-21-7-14(20)15(13)23-18(26)12-8-24(10-3-5-27-9-10)17-11(16(12)25)2-1-4-22-17/h1-2,4,6-8,10H,3,5,9H2,(H,21,23,26)/t10-/m1/s1. The lowest BCUT2D eigenvalue weighted by atomic mass is 10.1. The van der Waals surface area contributed by atoms with Gasteiger partial charge in [-0.25, -0.2) is 4.98 Å². The Bertz CT molecular complexity index is 1070. The van der Waals surface area contributed by atoms with Gasteiger partial charge in [-0.2, -0.15) is 0 Å². The Balaban J connectivity index is 1.82. The smallest absolute Gasteiger partial charge is 0.261 e. The van der Waals surface area contributed by atoms with E-state index < -0.39 is 11.3 Å². The van der Waals surface area contributed by atoms with Crippen LogP contribution in [0.3, 0.4) is 0 Å². The van der Waals surface area contributed by atoms with Crippen molar-refractivity contribution in [1.29, 1.82) is 0 Å². The molecule has 4 heterocycles. The molecular formula is C18H14Cl2N4O3. The van der Waals surface area contributed by atoms with Gasteiger partial charge in [-0.05, 0) is 18.6 Å². The van der Waals surface area contributed by atoms with Crippen LogP contribution in [-0.4, -0.2) is 33.7 Å². The van der Waals surface area contributed by atoms with Gasteiger partial charge >= 0.3 is 0 Å². The number of ether oxygens (including phenoxy) is 1. The summed E-state index contributed by atoms with van der Waals surface area (Å²) < 4.78 is 7.28. The molecule has 0 radical (unpaired) electrons. The van der Waals surface area contributed by atoms with E-state index in [2.05, 4.69) is 15.3 Å². The maximum Gasteiger partial charge on any atom is 0.261 e. The number of amides is 1. The number of nitrogens with zero attached hydrogens (tertiary/aromatic N) is 3. The minimum absolute atomic E-state index is 0.00245. The van der Waals surface area contributed by atoms with Gasteiger partial charge in [0.2, 0.25) is 5.43 Å². The third-order valence-corrected chi connectivity index (χ3v) is 5.00. The summed E-state index contributed by atoms with van der Waals surface area (Å²) in [6.07, 6.45) is 6.64. The number of halogens is 2. The van der Waals surface area contributed by atoms with E-state index in [9.17, 15) is 9.59 Å². The molecule has 0 spiro atoms. The molecule has 1 fully saturated rings. The Morgan fingerprint density at radius 1 is 1.30 bits per heavy atom. The second-order valence-electron chi connectivity index (χ2n) is 6.10. The molecule has 0 aromatic carbocycles. The Hall–Kier alpha value is -2.48. The van der Waals surface area contributed by atoms with Crippen molar-refractivity contribution >= 4 is 45.8 Å². The Kier molecular flexibility index (Phi) is 4.82. The number of rotatable bonds is 3. The Morgan fingerprint density at radius 3 is 2.78 bits per heavy atom. The topological polar surface area (TPSA) is 86.1 Å². The zero-order valence-electron chi connectivity index (χ0n) is 14.0. The SMILES string of the molecule is O=C(Nc1c(Cl)cncc1Cl)c1cn([C@@H]2CCOC2)c2ncccc2c1=O. The molecule has 3 aromatic rings. The molecule has 1 amide bonds. The first-order valence-electron chi connectivity index (χ1n) is 8.24. The first-order chi connectivity index (χ1) is 13.1. The lowest BCUT2D eigenvalue weighted by molar-refractivity contribution is 0.102. The molecule has 0 unspecified atom stereocenters. The first-order valence-corrected chi connectivity index (χ1v) is 9.00. The maximum atomic E-state index is 12.9. The highest BCUT2D eigenvalue weighted by atomic mass is 35.5. The quantitative estimate of drug-likeness (QED) is 0.723. The highest BCUT2D eigenvalue weighted by Gasteiger charge is 2.23. The van der Waals surface area contributed by atoms with Crippen molar-refractivity contribution in [2.75, 3.05) is 18.5 Å². The van der Waals surface area contributed by atoms with Crippen LogP contribution in [-0.2, 0) is 4.74 Å². The molecule has 1 saturated heterocycles.